The van der Waals surface area contributed by atoms with Gasteiger partial charge in [-0.3, -0.25) is 4.79 Å². The lowest BCUT2D eigenvalue weighted by atomic mass is 10.0. The van der Waals surface area contributed by atoms with Crippen LogP contribution in [0.25, 0.3) is 10.9 Å². The van der Waals surface area contributed by atoms with Crippen LogP contribution in [-0.4, -0.2) is 43.0 Å². The highest BCUT2D eigenvalue weighted by Gasteiger charge is 2.34. The molecule has 1 aliphatic rings. The Morgan fingerprint density at radius 1 is 1.05 bits per heavy atom. The molecule has 0 aliphatic heterocycles. The lowest BCUT2D eigenvalue weighted by Crippen LogP contribution is -2.30. The Kier molecular flexibility index (Phi) is 8.87. The summed E-state index contributed by atoms with van der Waals surface area (Å²) in [5.41, 5.74) is 0.829. The molecule has 2 N–H and O–H groups in total. The van der Waals surface area contributed by atoms with Gasteiger partial charge in [0.25, 0.3) is 5.91 Å². The number of benzene rings is 3. The molecule has 12 heteroatoms. The average molecular weight is 637 g/mol. The minimum Gasteiger partial charge on any atom is -0.394 e. The molecule has 0 spiro atoms. The molecule has 228 valence electrons. The lowest BCUT2D eigenvalue weighted by molar-refractivity contribution is -0.138. The van der Waals surface area contributed by atoms with E-state index >= 15 is 0 Å². The average Bonchev–Trinajstić information content (AvgIpc) is 3.71. The number of aliphatic hydroxyl groups is 1. The number of carbonyl (C=O) groups excluding carboxylic acids is 1. The Hall–Kier alpha value is -3.41. The smallest absolute Gasteiger partial charge is 0.394 e. The third kappa shape index (κ3) is 7.05. The van der Waals surface area contributed by atoms with E-state index in [1.54, 1.807) is 34.9 Å². The molecule has 0 saturated heterocycles. The van der Waals surface area contributed by atoms with Gasteiger partial charge < -0.3 is 15.0 Å². The van der Waals surface area contributed by atoms with Crippen molar-refractivity contribution in [2.75, 3.05) is 19.0 Å². The highest BCUT2D eigenvalue weighted by molar-refractivity contribution is 7.91. The zero-order chi connectivity index (χ0) is 30.9. The van der Waals surface area contributed by atoms with Gasteiger partial charge in [0.05, 0.1) is 35.4 Å². The van der Waals surface area contributed by atoms with Crippen LogP contribution in [0.2, 0.25) is 5.02 Å². The second-order valence-electron chi connectivity index (χ2n) is 10.7. The molecule has 3 aromatic carbocycles. The summed E-state index contributed by atoms with van der Waals surface area (Å²) in [5, 5.41) is 13.2. The number of aromatic nitrogens is 1. The highest BCUT2D eigenvalue weighted by atomic mass is 35.5. The number of amides is 1. The first kappa shape index (κ1) is 31.0. The predicted octanol–water partition coefficient (Wildman–Crippen LogP) is 6.52. The second kappa shape index (κ2) is 12.3. The molecule has 1 fully saturated rings. The number of halogens is 5. The molecule has 6 nitrogen and oxygen atoms in total. The Bertz CT molecular complexity index is 1750. The molecule has 4 aromatic rings. The fourth-order valence-electron chi connectivity index (χ4n) is 5.20. The molecular weight excluding hydrogens is 608 g/mol. The molecule has 1 unspecified atom stereocenters. The molecule has 0 bridgehead atoms. The molecule has 1 saturated carbocycles. The van der Waals surface area contributed by atoms with Gasteiger partial charge in [-0.25, -0.2) is 12.8 Å². The van der Waals surface area contributed by atoms with Crippen LogP contribution in [0.5, 0.6) is 0 Å². The van der Waals surface area contributed by atoms with Crippen LogP contribution >= 0.6 is 11.6 Å². The summed E-state index contributed by atoms with van der Waals surface area (Å²) in [6.07, 6.45) is -2.95. The van der Waals surface area contributed by atoms with Gasteiger partial charge >= 0.3 is 6.18 Å². The highest BCUT2D eigenvalue weighted by Crippen LogP contribution is 2.36. The number of rotatable bonds is 11. The fraction of sp³-hybridized carbons (Fsp3) is 0.323. The normalized spacial score (nSPS) is 14.7. The SMILES string of the molecule is O=C(NC(CO)c1ccc(S(=O)(=O)CC2CC2)cc1)c1ccc2c(c1)cc(Cc1ccc(Cl)cc1C(F)(F)F)n2CCF. The molecule has 1 atom stereocenters. The monoisotopic (exact) mass is 636 g/mol. The van der Waals surface area contributed by atoms with Gasteiger partial charge in [-0.05, 0) is 78.4 Å². The van der Waals surface area contributed by atoms with Crippen molar-refractivity contribution in [3.63, 3.8) is 0 Å². The molecular formula is C31H29ClF4N2O4S. The first-order valence-corrected chi connectivity index (χ1v) is 15.7. The topological polar surface area (TPSA) is 88.4 Å². The van der Waals surface area contributed by atoms with Crippen molar-refractivity contribution < 1.29 is 35.9 Å². The van der Waals surface area contributed by atoms with E-state index in [-0.39, 0.29) is 45.7 Å². The van der Waals surface area contributed by atoms with E-state index in [9.17, 15) is 35.9 Å². The number of aliphatic hydroxyl groups excluding tert-OH is 1. The standard InChI is InChI=1S/C31H29ClF4N2O4S/c32-24-7-3-21(27(16-24)31(34,35)36)14-25-15-23-13-22(6-10-29(23)38(25)12-11-33)30(40)37-28(17-39)20-4-8-26(9-5-20)43(41,42)18-19-1-2-19/h3-10,13,15-16,19,28,39H,1-2,11-12,14,17-18H2,(H,37,40). The van der Waals surface area contributed by atoms with Crippen molar-refractivity contribution in [2.45, 2.75) is 42.9 Å². The van der Waals surface area contributed by atoms with Gasteiger partial charge in [0.2, 0.25) is 0 Å². The molecule has 1 heterocycles. The summed E-state index contributed by atoms with van der Waals surface area (Å²) in [6.45, 7) is -1.27. The maximum absolute atomic E-state index is 13.7. The van der Waals surface area contributed by atoms with Crippen LogP contribution in [0.3, 0.4) is 0 Å². The van der Waals surface area contributed by atoms with E-state index in [0.29, 0.717) is 22.2 Å². The van der Waals surface area contributed by atoms with E-state index < -0.39 is 46.8 Å². The van der Waals surface area contributed by atoms with Crippen LogP contribution in [-0.2, 0) is 29.0 Å². The zero-order valence-corrected chi connectivity index (χ0v) is 24.4. The van der Waals surface area contributed by atoms with Gasteiger partial charge in [-0.1, -0.05) is 29.8 Å². The largest absolute Gasteiger partial charge is 0.416 e. The van der Waals surface area contributed by atoms with E-state index in [2.05, 4.69) is 5.32 Å². The lowest BCUT2D eigenvalue weighted by Gasteiger charge is -2.17. The van der Waals surface area contributed by atoms with Crippen molar-refractivity contribution in [3.8, 4) is 0 Å². The van der Waals surface area contributed by atoms with Crippen LogP contribution in [0.4, 0.5) is 17.6 Å². The summed E-state index contributed by atoms with van der Waals surface area (Å²) >= 11 is 5.81. The third-order valence-corrected chi connectivity index (χ3v) is 9.72. The Balaban J connectivity index is 1.38. The molecule has 5 rings (SSSR count). The number of carbonyl (C=O) groups is 1. The second-order valence-corrected chi connectivity index (χ2v) is 13.2. The first-order valence-electron chi connectivity index (χ1n) is 13.7. The van der Waals surface area contributed by atoms with Crippen LogP contribution < -0.4 is 5.32 Å². The number of alkyl halides is 4. The number of fused-ring (bicyclic) bond motifs is 1. The van der Waals surface area contributed by atoms with E-state index in [1.807, 2.05) is 0 Å². The van der Waals surface area contributed by atoms with Crippen LogP contribution in [0, 0.1) is 5.92 Å². The fourth-order valence-corrected chi connectivity index (χ4v) is 7.07. The van der Waals surface area contributed by atoms with Gasteiger partial charge in [0.15, 0.2) is 9.84 Å². The Morgan fingerprint density at radius 2 is 1.77 bits per heavy atom. The van der Waals surface area contributed by atoms with E-state index in [4.69, 9.17) is 11.6 Å². The summed E-state index contributed by atoms with van der Waals surface area (Å²) in [6, 6.07) is 15.0. The van der Waals surface area contributed by atoms with Crippen molar-refractivity contribution >= 4 is 38.2 Å². The molecule has 1 aromatic heterocycles. The van der Waals surface area contributed by atoms with E-state index in [1.165, 1.54) is 30.3 Å². The number of hydrogen-bond donors (Lipinski definition) is 2. The van der Waals surface area contributed by atoms with Gasteiger partial charge in [0, 0.05) is 33.6 Å². The summed E-state index contributed by atoms with van der Waals surface area (Å²) in [7, 11) is -3.41. The van der Waals surface area contributed by atoms with Crippen LogP contribution in [0.1, 0.15) is 51.6 Å². The maximum atomic E-state index is 13.7. The minimum atomic E-state index is -4.63. The third-order valence-electron chi connectivity index (χ3n) is 7.59. The first-order chi connectivity index (χ1) is 20.4. The molecule has 1 aliphatic carbocycles. The van der Waals surface area contributed by atoms with Gasteiger partial charge in [-0.15, -0.1) is 0 Å². The summed E-state index contributed by atoms with van der Waals surface area (Å²) < 4.78 is 81.2. The number of nitrogens with one attached hydrogen (secondary N) is 1. The number of sulfone groups is 1. The number of hydrogen-bond acceptors (Lipinski definition) is 4. The molecule has 0 radical (unpaired) electrons. The van der Waals surface area contributed by atoms with Crippen LogP contribution in [0.15, 0.2) is 71.6 Å². The van der Waals surface area contributed by atoms with Crippen molar-refractivity contribution in [1.82, 2.24) is 9.88 Å². The zero-order valence-electron chi connectivity index (χ0n) is 22.9. The Labute approximate surface area is 251 Å². The molecule has 43 heavy (non-hydrogen) atoms. The number of nitrogens with zero attached hydrogens (tertiary/aromatic N) is 1. The van der Waals surface area contributed by atoms with Gasteiger partial charge in [0.1, 0.15) is 6.67 Å². The van der Waals surface area contributed by atoms with E-state index in [0.717, 1.165) is 18.9 Å². The van der Waals surface area contributed by atoms with Gasteiger partial charge in [-0.2, -0.15) is 13.2 Å². The summed E-state index contributed by atoms with van der Waals surface area (Å²) in [5.74, 6) is -0.220. The quantitative estimate of drug-likeness (QED) is 0.184. The minimum absolute atomic E-state index is 0.0186. The summed E-state index contributed by atoms with van der Waals surface area (Å²) in [4.78, 5) is 13.3. The Morgan fingerprint density at radius 3 is 2.40 bits per heavy atom. The maximum Gasteiger partial charge on any atom is 0.416 e. The molecule has 1 amide bonds. The predicted molar refractivity (Wildman–Crippen MR) is 156 cm³/mol. The van der Waals surface area contributed by atoms with Crippen molar-refractivity contribution in [3.05, 3.63) is 99.7 Å². The van der Waals surface area contributed by atoms with Crippen molar-refractivity contribution in [1.29, 1.82) is 0 Å². The van der Waals surface area contributed by atoms with Crippen molar-refractivity contribution in [2.24, 2.45) is 5.92 Å². The number of aryl methyl sites for hydroxylation is 1.